The summed E-state index contributed by atoms with van der Waals surface area (Å²) < 4.78 is 26.0. The molecular weight excluding hydrogens is 465 g/mol. The van der Waals surface area contributed by atoms with Crippen LogP contribution in [0.3, 0.4) is 0 Å². The minimum absolute atomic E-state index is 0.0175. The molecule has 0 aromatic heterocycles. The van der Waals surface area contributed by atoms with E-state index in [1.807, 2.05) is 6.07 Å². The molecule has 36 heavy (non-hydrogen) atoms. The number of hydrogen-bond acceptors (Lipinski definition) is 5. The summed E-state index contributed by atoms with van der Waals surface area (Å²) in [6, 6.07) is 13.9. The molecule has 3 aliphatic rings. The fraction of sp³-hybridized carbons (Fsp3) is 0.444. The molecule has 0 radical (unpaired) electrons. The number of carbonyl (C=O) groups excluding carboxylic acids is 3. The summed E-state index contributed by atoms with van der Waals surface area (Å²) in [7, 11) is 0. The maximum Gasteiger partial charge on any atom is 0.256 e. The molecule has 0 saturated carbocycles. The zero-order chi connectivity index (χ0) is 25.1. The van der Waals surface area contributed by atoms with E-state index in [1.54, 1.807) is 46.2 Å². The third kappa shape index (κ3) is 4.73. The second kappa shape index (κ2) is 10.4. The predicted octanol–water partition coefficient (Wildman–Crippen LogP) is 2.59. The molecule has 1 N–H and O–H groups in total. The van der Waals surface area contributed by atoms with Crippen LogP contribution in [0.1, 0.15) is 46.4 Å². The number of piperidine rings is 1. The summed E-state index contributed by atoms with van der Waals surface area (Å²) in [5, 5.41) is 2.94. The molecule has 8 nitrogen and oxygen atoms in total. The lowest BCUT2D eigenvalue weighted by Gasteiger charge is -2.44. The summed E-state index contributed by atoms with van der Waals surface area (Å²) in [6.07, 6.45) is 2.49. The SMILES string of the molecule is O=C(NC[C@@H]1CCCO1)[C@@H]1COC2(CCN(C(=O)c3ccccc3F)CC2)N1C(=O)c1ccccc1. The molecule has 5 rings (SSSR count). The van der Waals surface area contributed by atoms with Crippen molar-refractivity contribution in [1.29, 1.82) is 0 Å². The second-order valence-corrected chi connectivity index (χ2v) is 9.47. The molecule has 3 fully saturated rings. The average Bonchev–Trinajstić information content (AvgIpc) is 3.56. The molecule has 3 amide bonds. The zero-order valence-electron chi connectivity index (χ0n) is 20.0. The molecule has 2 aromatic carbocycles. The van der Waals surface area contributed by atoms with Crippen molar-refractivity contribution in [3.05, 3.63) is 71.5 Å². The highest BCUT2D eigenvalue weighted by Crippen LogP contribution is 2.39. The van der Waals surface area contributed by atoms with Gasteiger partial charge >= 0.3 is 0 Å². The Bertz CT molecular complexity index is 1110. The quantitative estimate of drug-likeness (QED) is 0.689. The molecule has 1 spiro atoms. The van der Waals surface area contributed by atoms with E-state index in [9.17, 15) is 18.8 Å². The Balaban J connectivity index is 1.34. The van der Waals surface area contributed by atoms with E-state index in [-0.39, 0.29) is 43.2 Å². The summed E-state index contributed by atoms with van der Waals surface area (Å²) in [5.74, 6) is -1.53. The van der Waals surface area contributed by atoms with Gasteiger partial charge in [0.25, 0.3) is 11.8 Å². The first kappa shape index (κ1) is 24.4. The first-order valence-corrected chi connectivity index (χ1v) is 12.4. The number of carbonyl (C=O) groups is 3. The summed E-state index contributed by atoms with van der Waals surface area (Å²) in [5.41, 5.74) is -0.543. The maximum atomic E-state index is 14.2. The third-order valence-corrected chi connectivity index (χ3v) is 7.27. The van der Waals surface area contributed by atoms with Gasteiger partial charge in [0.2, 0.25) is 5.91 Å². The van der Waals surface area contributed by atoms with Crippen LogP contribution in [0.25, 0.3) is 0 Å². The minimum atomic E-state index is -1.02. The Hall–Kier alpha value is -3.30. The van der Waals surface area contributed by atoms with Crippen LogP contribution in [0.4, 0.5) is 4.39 Å². The molecular formula is C27H30FN3O5. The van der Waals surface area contributed by atoms with Gasteiger partial charge in [-0.3, -0.25) is 19.3 Å². The zero-order valence-corrected chi connectivity index (χ0v) is 20.0. The fourth-order valence-electron chi connectivity index (χ4n) is 5.29. The number of nitrogens with one attached hydrogen (secondary N) is 1. The predicted molar refractivity (Wildman–Crippen MR) is 129 cm³/mol. The van der Waals surface area contributed by atoms with Gasteiger partial charge in [-0.2, -0.15) is 0 Å². The first-order chi connectivity index (χ1) is 17.5. The molecule has 2 aromatic rings. The maximum absolute atomic E-state index is 14.2. The number of amides is 3. The van der Waals surface area contributed by atoms with Crippen molar-refractivity contribution >= 4 is 17.7 Å². The summed E-state index contributed by atoms with van der Waals surface area (Å²) in [6.45, 7) is 1.70. The van der Waals surface area contributed by atoms with Crippen molar-refractivity contribution in [3.63, 3.8) is 0 Å². The van der Waals surface area contributed by atoms with Crippen molar-refractivity contribution in [2.24, 2.45) is 0 Å². The van der Waals surface area contributed by atoms with Crippen molar-refractivity contribution in [2.75, 3.05) is 32.8 Å². The fourth-order valence-corrected chi connectivity index (χ4v) is 5.29. The van der Waals surface area contributed by atoms with Crippen LogP contribution in [0.5, 0.6) is 0 Å². The molecule has 3 saturated heterocycles. The van der Waals surface area contributed by atoms with Crippen molar-refractivity contribution in [3.8, 4) is 0 Å². The second-order valence-electron chi connectivity index (χ2n) is 9.47. The van der Waals surface area contributed by atoms with Crippen LogP contribution in [-0.2, 0) is 14.3 Å². The molecule has 0 bridgehead atoms. The van der Waals surface area contributed by atoms with Crippen LogP contribution in [0, 0.1) is 5.82 Å². The van der Waals surface area contributed by atoms with Gasteiger partial charge in [-0.05, 0) is 37.1 Å². The van der Waals surface area contributed by atoms with Crippen LogP contribution < -0.4 is 5.32 Å². The van der Waals surface area contributed by atoms with Gasteiger partial charge in [0.1, 0.15) is 17.6 Å². The largest absolute Gasteiger partial charge is 0.376 e. The molecule has 0 aliphatic carbocycles. The van der Waals surface area contributed by atoms with E-state index < -0.39 is 23.5 Å². The highest BCUT2D eigenvalue weighted by molar-refractivity contribution is 5.98. The molecule has 190 valence electrons. The van der Waals surface area contributed by atoms with E-state index in [2.05, 4.69) is 5.32 Å². The van der Waals surface area contributed by atoms with E-state index in [0.29, 0.717) is 31.6 Å². The van der Waals surface area contributed by atoms with Gasteiger partial charge in [0.15, 0.2) is 0 Å². The Kier molecular flexibility index (Phi) is 7.02. The standard InChI is InChI=1S/C27H30FN3O5/c28-22-11-5-4-10-21(22)26(34)30-14-12-27(13-15-30)31(25(33)19-7-2-1-3-8-19)23(18-36-27)24(32)29-17-20-9-6-16-35-20/h1-5,7-8,10-11,20,23H,6,9,12-18H2,(H,29,32)/t20-,23-/m0/s1. The Morgan fingerprint density at radius 2 is 1.72 bits per heavy atom. The number of halogens is 1. The van der Waals surface area contributed by atoms with E-state index in [1.165, 1.54) is 12.1 Å². The van der Waals surface area contributed by atoms with Gasteiger partial charge < -0.3 is 19.7 Å². The van der Waals surface area contributed by atoms with Gasteiger partial charge in [-0.25, -0.2) is 4.39 Å². The third-order valence-electron chi connectivity index (χ3n) is 7.27. The monoisotopic (exact) mass is 495 g/mol. The lowest BCUT2D eigenvalue weighted by molar-refractivity contribution is -0.128. The highest BCUT2D eigenvalue weighted by atomic mass is 19.1. The van der Waals surface area contributed by atoms with Crippen molar-refractivity contribution in [2.45, 2.75) is 43.6 Å². The number of benzene rings is 2. The molecule has 3 heterocycles. The van der Waals surface area contributed by atoms with E-state index in [4.69, 9.17) is 9.47 Å². The number of ether oxygens (including phenoxy) is 2. The van der Waals surface area contributed by atoms with E-state index in [0.717, 1.165) is 12.8 Å². The van der Waals surface area contributed by atoms with Crippen molar-refractivity contribution < 1.29 is 28.2 Å². The highest BCUT2D eigenvalue weighted by Gasteiger charge is 2.54. The lowest BCUT2D eigenvalue weighted by atomic mass is 9.96. The van der Waals surface area contributed by atoms with Crippen LogP contribution in [0.15, 0.2) is 54.6 Å². The molecule has 2 atom stereocenters. The van der Waals surface area contributed by atoms with Crippen LogP contribution in [0.2, 0.25) is 0 Å². The molecule has 3 aliphatic heterocycles. The normalized spacial score (nSPS) is 23.1. The Morgan fingerprint density at radius 3 is 2.42 bits per heavy atom. The Morgan fingerprint density at radius 1 is 1.00 bits per heavy atom. The lowest BCUT2D eigenvalue weighted by Crippen LogP contribution is -2.60. The van der Waals surface area contributed by atoms with Crippen LogP contribution in [-0.4, -0.2) is 78.2 Å². The van der Waals surface area contributed by atoms with E-state index >= 15 is 0 Å². The number of likely N-dealkylation sites (tertiary alicyclic amines) is 1. The van der Waals surface area contributed by atoms with Gasteiger partial charge in [0.05, 0.1) is 18.3 Å². The summed E-state index contributed by atoms with van der Waals surface area (Å²) >= 11 is 0. The summed E-state index contributed by atoms with van der Waals surface area (Å²) in [4.78, 5) is 43.0. The molecule has 0 unspecified atom stereocenters. The molecule has 9 heteroatoms. The van der Waals surface area contributed by atoms with Crippen LogP contribution >= 0.6 is 0 Å². The topological polar surface area (TPSA) is 88.2 Å². The van der Waals surface area contributed by atoms with Gasteiger partial charge in [0, 0.05) is 44.6 Å². The Labute approximate surface area is 209 Å². The van der Waals surface area contributed by atoms with Gasteiger partial charge in [-0.1, -0.05) is 30.3 Å². The number of hydrogen-bond donors (Lipinski definition) is 1. The minimum Gasteiger partial charge on any atom is -0.376 e. The van der Waals surface area contributed by atoms with Gasteiger partial charge in [-0.15, -0.1) is 0 Å². The first-order valence-electron chi connectivity index (χ1n) is 12.4. The number of nitrogens with zero attached hydrogens (tertiary/aromatic N) is 2. The van der Waals surface area contributed by atoms with Crippen molar-refractivity contribution in [1.82, 2.24) is 15.1 Å². The average molecular weight is 496 g/mol. The number of rotatable bonds is 5. The smallest absolute Gasteiger partial charge is 0.256 e.